The minimum absolute atomic E-state index is 0. The molecule has 0 amide bonds. The van der Waals surface area contributed by atoms with Gasteiger partial charge in [0.05, 0.1) is 10.7 Å². The van der Waals surface area contributed by atoms with Crippen LogP contribution in [0, 0.1) is 19.7 Å². The maximum absolute atomic E-state index is 13.6. The fourth-order valence-electron chi connectivity index (χ4n) is 2.43. The molecule has 2 N–H and O–H groups in total. The Morgan fingerprint density at radius 1 is 1.20 bits per heavy atom. The van der Waals surface area contributed by atoms with Crippen molar-refractivity contribution >= 4 is 41.3 Å². The average molecular weight is 476 g/mol. The number of aryl methyl sites for hydroxylation is 2. The van der Waals surface area contributed by atoms with Crippen LogP contribution in [0.4, 0.5) is 4.39 Å². The van der Waals surface area contributed by atoms with Gasteiger partial charge in [0, 0.05) is 30.9 Å². The van der Waals surface area contributed by atoms with E-state index in [1.165, 1.54) is 10.9 Å². The van der Waals surface area contributed by atoms with Crippen molar-refractivity contribution in [1.29, 1.82) is 0 Å². The minimum atomic E-state index is -0.155. The number of aliphatic imine (C=N–C) groups is 1. The summed E-state index contributed by atoms with van der Waals surface area (Å²) in [5.41, 5.74) is 1.82. The van der Waals surface area contributed by atoms with E-state index in [4.69, 9.17) is 0 Å². The van der Waals surface area contributed by atoms with Gasteiger partial charge >= 0.3 is 0 Å². The van der Waals surface area contributed by atoms with Crippen LogP contribution in [0.5, 0.6) is 0 Å². The lowest BCUT2D eigenvalue weighted by Crippen LogP contribution is -2.38. The zero-order chi connectivity index (χ0) is 17.4. The maximum atomic E-state index is 13.6. The Bertz CT molecular complexity index is 687. The smallest absolute Gasteiger partial charge is 0.191 e. The number of benzene rings is 1. The van der Waals surface area contributed by atoms with E-state index >= 15 is 0 Å². The van der Waals surface area contributed by atoms with E-state index in [1.807, 2.05) is 32.9 Å². The van der Waals surface area contributed by atoms with Gasteiger partial charge in [-0.25, -0.2) is 9.37 Å². The molecule has 4 nitrogen and oxygen atoms in total. The Morgan fingerprint density at radius 3 is 2.60 bits per heavy atom. The highest BCUT2D eigenvalue weighted by molar-refractivity contribution is 14.0. The lowest BCUT2D eigenvalue weighted by Gasteiger charge is -2.11. The Morgan fingerprint density at radius 2 is 1.96 bits per heavy atom. The summed E-state index contributed by atoms with van der Waals surface area (Å²) in [4.78, 5) is 10.3. The first-order chi connectivity index (χ1) is 11.6. The summed E-state index contributed by atoms with van der Waals surface area (Å²) < 4.78 is 13.6. The molecule has 2 aromatic rings. The monoisotopic (exact) mass is 476 g/mol. The maximum Gasteiger partial charge on any atom is 0.191 e. The van der Waals surface area contributed by atoms with Crippen LogP contribution in [0.2, 0.25) is 0 Å². The van der Waals surface area contributed by atoms with Crippen LogP contribution in [-0.2, 0) is 12.8 Å². The van der Waals surface area contributed by atoms with Gasteiger partial charge < -0.3 is 10.6 Å². The topological polar surface area (TPSA) is 49.3 Å². The van der Waals surface area contributed by atoms with Gasteiger partial charge in [-0.2, -0.15) is 0 Å². The molecular weight excluding hydrogens is 450 g/mol. The molecule has 0 aliphatic rings. The molecule has 7 heteroatoms. The molecule has 1 heterocycles. The molecule has 0 unspecified atom stereocenters. The molecule has 2 rings (SSSR count). The SMILES string of the molecule is CCNC(=NCCc1sc(C)nc1C)NCCc1ccccc1F.I. The number of nitrogens with one attached hydrogen (secondary N) is 2. The number of nitrogens with zero attached hydrogens (tertiary/aromatic N) is 2. The summed E-state index contributed by atoms with van der Waals surface area (Å²) in [6, 6.07) is 6.88. The summed E-state index contributed by atoms with van der Waals surface area (Å²) >= 11 is 1.73. The van der Waals surface area contributed by atoms with Gasteiger partial charge in [0.1, 0.15) is 5.82 Å². The molecule has 0 fully saturated rings. The van der Waals surface area contributed by atoms with Crippen LogP contribution in [-0.4, -0.2) is 30.6 Å². The van der Waals surface area contributed by atoms with Gasteiger partial charge in [-0.15, -0.1) is 35.3 Å². The van der Waals surface area contributed by atoms with Crippen molar-refractivity contribution in [2.75, 3.05) is 19.6 Å². The fraction of sp³-hybridized carbons (Fsp3) is 0.444. The molecule has 0 aliphatic heterocycles. The van der Waals surface area contributed by atoms with E-state index in [1.54, 1.807) is 17.4 Å². The summed E-state index contributed by atoms with van der Waals surface area (Å²) in [5.74, 6) is 0.616. The van der Waals surface area contributed by atoms with Crippen molar-refractivity contribution in [3.8, 4) is 0 Å². The summed E-state index contributed by atoms with van der Waals surface area (Å²) in [6.07, 6.45) is 1.52. The van der Waals surface area contributed by atoms with Crippen molar-refractivity contribution < 1.29 is 4.39 Å². The third-order valence-corrected chi connectivity index (χ3v) is 4.73. The van der Waals surface area contributed by atoms with E-state index in [-0.39, 0.29) is 29.8 Å². The van der Waals surface area contributed by atoms with Gasteiger partial charge in [-0.05, 0) is 38.8 Å². The standard InChI is InChI=1S/C18H25FN4S.HI/c1-4-20-18(21-11-9-15-7-5-6-8-16(15)19)22-12-10-17-13(2)23-14(3)24-17;/h5-8H,4,9-12H2,1-3H3,(H2,20,21,22);1H. The molecule has 0 radical (unpaired) electrons. The second-order valence-corrected chi connectivity index (χ2v) is 6.81. The number of hydrogen-bond donors (Lipinski definition) is 2. The molecule has 25 heavy (non-hydrogen) atoms. The normalized spacial score (nSPS) is 11.1. The van der Waals surface area contributed by atoms with Gasteiger partial charge in [-0.3, -0.25) is 4.99 Å². The number of thiazole rings is 1. The van der Waals surface area contributed by atoms with Crippen molar-refractivity contribution in [3.05, 3.63) is 51.2 Å². The average Bonchev–Trinajstić information content (AvgIpc) is 2.87. The summed E-state index contributed by atoms with van der Waals surface area (Å²) in [7, 11) is 0. The van der Waals surface area contributed by atoms with Crippen LogP contribution >= 0.6 is 35.3 Å². The lowest BCUT2D eigenvalue weighted by molar-refractivity contribution is 0.606. The molecule has 0 atom stereocenters. The minimum Gasteiger partial charge on any atom is -0.357 e. The highest BCUT2D eigenvalue weighted by atomic mass is 127. The Balaban J connectivity index is 0.00000312. The first kappa shape index (κ1) is 21.8. The number of aromatic nitrogens is 1. The molecule has 1 aromatic heterocycles. The molecule has 0 saturated heterocycles. The number of guanidine groups is 1. The van der Waals surface area contributed by atoms with Crippen molar-refractivity contribution in [2.45, 2.75) is 33.6 Å². The number of rotatable bonds is 7. The molecule has 1 aromatic carbocycles. The fourth-order valence-corrected chi connectivity index (χ4v) is 3.36. The highest BCUT2D eigenvalue weighted by Gasteiger charge is 2.05. The number of hydrogen-bond acceptors (Lipinski definition) is 3. The highest BCUT2D eigenvalue weighted by Crippen LogP contribution is 2.17. The van der Waals surface area contributed by atoms with E-state index in [2.05, 4.69) is 20.6 Å². The lowest BCUT2D eigenvalue weighted by atomic mass is 10.1. The first-order valence-corrected chi connectivity index (χ1v) is 9.10. The predicted molar refractivity (Wildman–Crippen MR) is 115 cm³/mol. The Labute approximate surface area is 170 Å². The molecular formula is C18H26FIN4S. The molecule has 0 spiro atoms. The third-order valence-electron chi connectivity index (χ3n) is 3.60. The van der Waals surface area contributed by atoms with Gasteiger partial charge in [0.15, 0.2) is 5.96 Å². The second kappa shape index (κ2) is 11.4. The Kier molecular flexibility index (Phi) is 9.96. The van der Waals surface area contributed by atoms with E-state index in [0.29, 0.717) is 19.5 Å². The van der Waals surface area contributed by atoms with Crippen LogP contribution in [0.3, 0.4) is 0 Å². The van der Waals surface area contributed by atoms with Crippen molar-refractivity contribution in [3.63, 3.8) is 0 Å². The molecule has 0 aliphatic carbocycles. The number of halogens is 2. The van der Waals surface area contributed by atoms with Crippen LogP contribution in [0.1, 0.15) is 28.1 Å². The molecule has 138 valence electrons. The zero-order valence-electron chi connectivity index (χ0n) is 14.9. The summed E-state index contributed by atoms with van der Waals surface area (Å²) in [6.45, 7) is 8.25. The largest absolute Gasteiger partial charge is 0.357 e. The van der Waals surface area contributed by atoms with Gasteiger partial charge in [0.2, 0.25) is 0 Å². The first-order valence-electron chi connectivity index (χ1n) is 8.28. The van der Waals surface area contributed by atoms with E-state index in [9.17, 15) is 4.39 Å². The quantitative estimate of drug-likeness (QED) is 0.363. The van der Waals surface area contributed by atoms with Crippen molar-refractivity contribution in [2.24, 2.45) is 4.99 Å². The Hall–Kier alpha value is -1.22. The zero-order valence-corrected chi connectivity index (χ0v) is 18.1. The van der Waals surface area contributed by atoms with E-state index in [0.717, 1.165) is 35.2 Å². The van der Waals surface area contributed by atoms with Gasteiger partial charge in [-0.1, -0.05) is 18.2 Å². The van der Waals surface area contributed by atoms with Crippen LogP contribution < -0.4 is 10.6 Å². The van der Waals surface area contributed by atoms with E-state index < -0.39 is 0 Å². The summed E-state index contributed by atoms with van der Waals surface area (Å²) in [5, 5.41) is 7.58. The molecule has 0 saturated carbocycles. The van der Waals surface area contributed by atoms with Crippen LogP contribution in [0.15, 0.2) is 29.3 Å². The van der Waals surface area contributed by atoms with Gasteiger partial charge in [0.25, 0.3) is 0 Å². The third kappa shape index (κ3) is 7.27. The van der Waals surface area contributed by atoms with Crippen LogP contribution in [0.25, 0.3) is 0 Å². The predicted octanol–water partition coefficient (Wildman–Crippen LogP) is 3.86. The molecule has 0 bridgehead atoms. The van der Waals surface area contributed by atoms with Crippen molar-refractivity contribution in [1.82, 2.24) is 15.6 Å². The second-order valence-electron chi connectivity index (χ2n) is 5.52.